The van der Waals surface area contributed by atoms with Crippen molar-refractivity contribution < 1.29 is 14.3 Å². The Bertz CT molecular complexity index is 384. The lowest BCUT2D eigenvalue weighted by Crippen LogP contribution is -2.34. The van der Waals surface area contributed by atoms with Crippen LogP contribution in [0.4, 0.5) is 0 Å². The van der Waals surface area contributed by atoms with E-state index >= 15 is 0 Å². The summed E-state index contributed by atoms with van der Waals surface area (Å²) in [4.78, 5) is 12.8. The van der Waals surface area contributed by atoms with Crippen molar-refractivity contribution >= 4 is 5.97 Å². The van der Waals surface area contributed by atoms with E-state index in [2.05, 4.69) is 25.7 Å². The van der Waals surface area contributed by atoms with Crippen LogP contribution in [0.3, 0.4) is 0 Å². The van der Waals surface area contributed by atoms with E-state index in [0.717, 1.165) is 18.1 Å². The molecule has 0 bridgehead atoms. The molecule has 1 N–H and O–H groups in total. The van der Waals surface area contributed by atoms with E-state index in [0.29, 0.717) is 12.5 Å². The first-order chi connectivity index (χ1) is 8.41. The molecule has 1 rings (SSSR count). The molecular weight excluding hydrogens is 230 g/mol. The summed E-state index contributed by atoms with van der Waals surface area (Å²) in [5, 5.41) is 8.69. The lowest BCUT2D eigenvalue weighted by atomic mass is 10.1. The molecule has 4 heteroatoms. The van der Waals surface area contributed by atoms with E-state index in [9.17, 15) is 4.79 Å². The molecule has 0 saturated carbocycles. The first-order valence-electron chi connectivity index (χ1n) is 6.45. The summed E-state index contributed by atoms with van der Waals surface area (Å²) < 4.78 is 5.65. The summed E-state index contributed by atoms with van der Waals surface area (Å²) in [6, 6.07) is 4.49. The molecule has 0 radical (unpaired) electrons. The third kappa shape index (κ3) is 4.18. The van der Waals surface area contributed by atoms with E-state index in [1.165, 1.54) is 0 Å². The molecule has 0 aliphatic rings. The van der Waals surface area contributed by atoms with Crippen molar-refractivity contribution in [2.24, 2.45) is 0 Å². The Morgan fingerprint density at radius 3 is 2.50 bits per heavy atom. The van der Waals surface area contributed by atoms with Crippen molar-refractivity contribution in [1.29, 1.82) is 0 Å². The lowest BCUT2D eigenvalue weighted by Gasteiger charge is -2.31. The summed E-state index contributed by atoms with van der Waals surface area (Å²) >= 11 is 0. The van der Waals surface area contributed by atoms with Crippen LogP contribution in [0.15, 0.2) is 16.5 Å². The van der Waals surface area contributed by atoms with Gasteiger partial charge in [0.05, 0.1) is 6.04 Å². The molecule has 1 aromatic heterocycles. The highest BCUT2D eigenvalue weighted by atomic mass is 16.4. The molecule has 4 nitrogen and oxygen atoms in total. The summed E-state index contributed by atoms with van der Waals surface area (Å²) in [5.74, 6) is 1.11. The molecule has 0 fully saturated rings. The van der Waals surface area contributed by atoms with Crippen LogP contribution in [0, 0.1) is 6.92 Å². The number of hydrogen-bond donors (Lipinski definition) is 1. The van der Waals surface area contributed by atoms with Crippen molar-refractivity contribution in [1.82, 2.24) is 4.90 Å². The second kappa shape index (κ2) is 6.59. The summed E-state index contributed by atoms with van der Waals surface area (Å²) in [7, 11) is 0. The number of aryl methyl sites for hydroxylation is 1. The van der Waals surface area contributed by atoms with Crippen LogP contribution in [0.5, 0.6) is 0 Å². The molecule has 0 spiro atoms. The minimum Gasteiger partial charge on any atom is -0.481 e. The molecule has 1 atom stereocenters. The summed E-state index contributed by atoms with van der Waals surface area (Å²) in [6.07, 6.45) is 0.880. The number of carboxylic acid groups (broad SMARTS) is 1. The Kier molecular flexibility index (Phi) is 5.41. The maximum Gasteiger partial charge on any atom is 0.303 e. The second-order valence-corrected chi connectivity index (χ2v) is 4.95. The monoisotopic (exact) mass is 253 g/mol. The highest BCUT2D eigenvalue weighted by Gasteiger charge is 2.21. The molecule has 102 valence electrons. The SMILES string of the molecule is Cc1ccc(C(C)N(CCCC(=O)O)C(C)C)o1. The van der Waals surface area contributed by atoms with Gasteiger partial charge >= 0.3 is 5.97 Å². The Balaban J connectivity index is 2.63. The smallest absolute Gasteiger partial charge is 0.303 e. The van der Waals surface area contributed by atoms with Gasteiger partial charge in [0.2, 0.25) is 0 Å². The predicted octanol–water partition coefficient (Wildman–Crippen LogP) is 3.22. The molecule has 0 amide bonds. The van der Waals surface area contributed by atoms with Gasteiger partial charge < -0.3 is 9.52 Å². The number of carboxylic acids is 1. The number of nitrogens with zero attached hydrogens (tertiary/aromatic N) is 1. The zero-order valence-electron chi connectivity index (χ0n) is 11.6. The number of carbonyl (C=O) groups is 1. The van der Waals surface area contributed by atoms with E-state index in [4.69, 9.17) is 9.52 Å². The first-order valence-corrected chi connectivity index (χ1v) is 6.45. The van der Waals surface area contributed by atoms with E-state index in [-0.39, 0.29) is 12.5 Å². The van der Waals surface area contributed by atoms with Gasteiger partial charge in [0.25, 0.3) is 0 Å². The highest BCUT2D eigenvalue weighted by Crippen LogP contribution is 2.24. The summed E-state index contributed by atoms with van der Waals surface area (Å²) in [6.45, 7) is 9.03. The van der Waals surface area contributed by atoms with Crippen LogP contribution in [0.2, 0.25) is 0 Å². The standard InChI is InChI=1S/C14H23NO3/c1-10(2)15(9-5-6-14(16)17)12(4)13-8-7-11(3)18-13/h7-8,10,12H,5-6,9H2,1-4H3,(H,16,17). The molecule has 0 aliphatic carbocycles. The van der Waals surface area contributed by atoms with Gasteiger partial charge in [-0.05, 0) is 52.8 Å². The number of hydrogen-bond acceptors (Lipinski definition) is 3. The number of rotatable bonds is 7. The van der Waals surface area contributed by atoms with Crippen molar-refractivity contribution in [2.45, 2.75) is 52.6 Å². The quantitative estimate of drug-likeness (QED) is 0.810. The zero-order valence-corrected chi connectivity index (χ0v) is 11.6. The van der Waals surface area contributed by atoms with Crippen LogP contribution in [-0.4, -0.2) is 28.6 Å². The molecule has 1 unspecified atom stereocenters. The molecule has 1 heterocycles. The molecule has 0 aromatic carbocycles. The average molecular weight is 253 g/mol. The zero-order chi connectivity index (χ0) is 13.7. The molecular formula is C14H23NO3. The van der Waals surface area contributed by atoms with Crippen LogP contribution < -0.4 is 0 Å². The van der Waals surface area contributed by atoms with E-state index < -0.39 is 5.97 Å². The Hall–Kier alpha value is -1.29. The van der Waals surface area contributed by atoms with Gasteiger partial charge in [0.15, 0.2) is 0 Å². The average Bonchev–Trinajstić information content (AvgIpc) is 2.69. The largest absolute Gasteiger partial charge is 0.481 e. The Labute approximate surface area is 109 Å². The molecule has 1 aromatic rings. The van der Waals surface area contributed by atoms with Crippen LogP contribution in [0.25, 0.3) is 0 Å². The van der Waals surface area contributed by atoms with E-state index in [1.807, 2.05) is 19.1 Å². The van der Waals surface area contributed by atoms with Gasteiger partial charge in [-0.2, -0.15) is 0 Å². The first kappa shape index (κ1) is 14.8. The van der Waals surface area contributed by atoms with Gasteiger partial charge in [0, 0.05) is 12.5 Å². The fourth-order valence-electron chi connectivity index (χ4n) is 2.15. The Morgan fingerprint density at radius 2 is 2.06 bits per heavy atom. The second-order valence-electron chi connectivity index (χ2n) is 4.95. The maximum absolute atomic E-state index is 10.6. The number of aliphatic carboxylic acids is 1. The van der Waals surface area contributed by atoms with Gasteiger partial charge in [-0.25, -0.2) is 0 Å². The topological polar surface area (TPSA) is 53.7 Å². The fourth-order valence-corrected chi connectivity index (χ4v) is 2.15. The minimum absolute atomic E-state index is 0.174. The highest BCUT2D eigenvalue weighted by molar-refractivity contribution is 5.66. The predicted molar refractivity (Wildman–Crippen MR) is 70.6 cm³/mol. The van der Waals surface area contributed by atoms with E-state index in [1.54, 1.807) is 0 Å². The molecule has 0 aliphatic heterocycles. The minimum atomic E-state index is -0.736. The fraction of sp³-hybridized carbons (Fsp3) is 0.643. The van der Waals surface area contributed by atoms with Crippen molar-refractivity contribution in [3.63, 3.8) is 0 Å². The third-order valence-corrected chi connectivity index (χ3v) is 3.14. The van der Waals surface area contributed by atoms with Gasteiger partial charge in [0.1, 0.15) is 11.5 Å². The van der Waals surface area contributed by atoms with Crippen molar-refractivity contribution in [2.75, 3.05) is 6.54 Å². The summed E-state index contributed by atoms with van der Waals surface area (Å²) in [5.41, 5.74) is 0. The Morgan fingerprint density at radius 1 is 1.39 bits per heavy atom. The van der Waals surface area contributed by atoms with Crippen LogP contribution in [0.1, 0.15) is 51.2 Å². The van der Waals surface area contributed by atoms with Crippen LogP contribution in [-0.2, 0) is 4.79 Å². The normalized spacial score (nSPS) is 13.2. The van der Waals surface area contributed by atoms with Crippen molar-refractivity contribution in [3.8, 4) is 0 Å². The third-order valence-electron chi connectivity index (χ3n) is 3.14. The van der Waals surface area contributed by atoms with Crippen molar-refractivity contribution in [3.05, 3.63) is 23.7 Å². The number of furan rings is 1. The maximum atomic E-state index is 10.6. The molecule has 18 heavy (non-hydrogen) atoms. The van der Waals surface area contributed by atoms with Gasteiger partial charge in [-0.3, -0.25) is 9.69 Å². The molecule has 0 saturated heterocycles. The van der Waals surface area contributed by atoms with Crippen LogP contribution >= 0.6 is 0 Å². The van der Waals surface area contributed by atoms with Gasteiger partial charge in [-0.15, -0.1) is 0 Å². The van der Waals surface area contributed by atoms with Gasteiger partial charge in [-0.1, -0.05) is 0 Å². The lowest BCUT2D eigenvalue weighted by molar-refractivity contribution is -0.137.